The van der Waals surface area contributed by atoms with Crippen molar-refractivity contribution in [1.29, 1.82) is 0 Å². The molecule has 2 aromatic rings. The van der Waals surface area contributed by atoms with Crippen molar-refractivity contribution in [1.82, 2.24) is 15.1 Å². The highest BCUT2D eigenvalue weighted by Gasteiger charge is 2.22. The van der Waals surface area contributed by atoms with Crippen molar-refractivity contribution >= 4 is 6.03 Å². The van der Waals surface area contributed by atoms with E-state index >= 15 is 0 Å². The average molecular weight is 389 g/mol. The van der Waals surface area contributed by atoms with E-state index in [9.17, 15) is 13.6 Å². The van der Waals surface area contributed by atoms with Crippen molar-refractivity contribution < 1.29 is 18.3 Å². The van der Waals surface area contributed by atoms with E-state index in [4.69, 9.17) is 0 Å². The van der Waals surface area contributed by atoms with Gasteiger partial charge >= 0.3 is 12.6 Å². The van der Waals surface area contributed by atoms with E-state index in [1.165, 1.54) is 17.7 Å². The molecule has 0 bridgehead atoms. The number of nitrogens with one attached hydrogen (secondary N) is 1. The molecule has 1 aliphatic heterocycles. The van der Waals surface area contributed by atoms with Gasteiger partial charge in [0.1, 0.15) is 5.75 Å². The van der Waals surface area contributed by atoms with E-state index in [0.29, 0.717) is 13.1 Å². The highest BCUT2D eigenvalue weighted by atomic mass is 19.3. The minimum atomic E-state index is -2.84. The number of urea groups is 1. The third-order valence-corrected chi connectivity index (χ3v) is 4.85. The molecule has 0 radical (unpaired) electrons. The van der Waals surface area contributed by atoms with Gasteiger partial charge in [0.2, 0.25) is 0 Å². The molecule has 0 aliphatic carbocycles. The predicted octanol–water partition coefficient (Wildman–Crippen LogP) is 3.88. The Bertz CT molecular complexity index is 748. The largest absolute Gasteiger partial charge is 0.435 e. The first-order valence-electron chi connectivity index (χ1n) is 9.38. The van der Waals surface area contributed by atoms with Gasteiger partial charge in [-0.3, -0.25) is 4.90 Å². The summed E-state index contributed by atoms with van der Waals surface area (Å²) in [5.41, 5.74) is 2.10. The fourth-order valence-corrected chi connectivity index (χ4v) is 3.25. The minimum Gasteiger partial charge on any atom is -0.435 e. The van der Waals surface area contributed by atoms with Crippen molar-refractivity contribution in [3.63, 3.8) is 0 Å². The Labute approximate surface area is 163 Å². The smallest absolute Gasteiger partial charge is 0.387 e. The van der Waals surface area contributed by atoms with Gasteiger partial charge in [0.05, 0.1) is 6.04 Å². The van der Waals surface area contributed by atoms with Crippen molar-refractivity contribution in [2.24, 2.45) is 0 Å². The number of benzene rings is 2. The number of rotatable bonds is 6. The Morgan fingerprint density at radius 2 is 1.68 bits per heavy atom. The first-order valence-corrected chi connectivity index (χ1v) is 9.38. The van der Waals surface area contributed by atoms with Crippen LogP contribution in [0.25, 0.3) is 0 Å². The zero-order chi connectivity index (χ0) is 19.9. The molecule has 1 fully saturated rings. The zero-order valence-electron chi connectivity index (χ0n) is 15.9. The second kappa shape index (κ2) is 9.50. The summed E-state index contributed by atoms with van der Waals surface area (Å²) in [6.45, 7) is 2.92. The lowest BCUT2D eigenvalue weighted by molar-refractivity contribution is -0.0498. The van der Waals surface area contributed by atoms with Crippen LogP contribution in [0, 0.1) is 0 Å². The lowest BCUT2D eigenvalue weighted by Crippen LogP contribution is -2.51. The number of halogens is 2. The van der Waals surface area contributed by atoms with Gasteiger partial charge < -0.3 is 15.0 Å². The summed E-state index contributed by atoms with van der Waals surface area (Å²) in [5.74, 6) is 0.104. The molecule has 0 aromatic heterocycles. The van der Waals surface area contributed by atoms with Crippen LogP contribution in [0.3, 0.4) is 0 Å². The molecule has 2 aromatic carbocycles. The molecule has 0 saturated carbocycles. The summed E-state index contributed by atoms with van der Waals surface area (Å²) in [6, 6.07) is 16.3. The summed E-state index contributed by atoms with van der Waals surface area (Å²) in [7, 11) is 0. The fraction of sp³-hybridized carbons (Fsp3) is 0.381. The Kier molecular flexibility index (Phi) is 6.81. The number of ether oxygens (including phenoxy) is 1. The summed E-state index contributed by atoms with van der Waals surface area (Å²) < 4.78 is 28.8. The van der Waals surface area contributed by atoms with Gasteiger partial charge in [-0.15, -0.1) is 0 Å². The first kappa shape index (κ1) is 20.1. The van der Waals surface area contributed by atoms with Crippen molar-refractivity contribution in [2.75, 3.05) is 26.2 Å². The average Bonchev–Trinajstić information content (AvgIpc) is 2.69. The van der Waals surface area contributed by atoms with E-state index in [0.717, 1.165) is 25.2 Å². The number of piperazine rings is 1. The standard InChI is InChI=1S/C21H25F2N3O2/c1-16(18-7-9-19(10-8-18)28-20(22)23)24-21(27)26-13-11-25(12-14-26)15-17-5-3-2-4-6-17/h2-10,16,20H,11-15H2,1H3,(H,24,27). The molecule has 1 unspecified atom stereocenters. The fourth-order valence-electron chi connectivity index (χ4n) is 3.25. The molecule has 3 rings (SSSR count). The number of hydrogen-bond acceptors (Lipinski definition) is 3. The Morgan fingerprint density at radius 3 is 2.29 bits per heavy atom. The topological polar surface area (TPSA) is 44.8 Å². The van der Waals surface area contributed by atoms with Crippen molar-refractivity contribution in [3.8, 4) is 5.75 Å². The molecule has 1 heterocycles. The number of carbonyl (C=O) groups excluding carboxylic acids is 1. The van der Waals surface area contributed by atoms with Gasteiger partial charge in [0, 0.05) is 32.7 Å². The van der Waals surface area contributed by atoms with E-state index in [1.807, 2.05) is 30.0 Å². The van der Waals surface area contributed by atoms with Gasteiger partial charge in [-0.25, -0.2) is 4.79 Å². The third kappa shape index (κ3) is 5.66. The maximum absolute atomic E-state index is 12.5. The number of amides is 2. The molecule has 2 amide bonds. The van der Waals surface area contributed by atoms with Crippen LogP contribution in [0.15, 0.2) is 54.6 Å². The molecule has 150 valence electrons. The molecule has 1 aliphatic rings. The molecular formula is C21H25F2N3O2. The third-order valence-electron chi connectivity index (χ3n) is 4.85. The number of alkyl halides is 2. The van der Waals surface area contributed by atoms with Crippen LogP contribution in [0.2, 0.25) is 0 Å². The highest BCUT2D eigenvalue weighted by molar-refractivity contribution is 5.74. The molecular weight excluding hydrogens is 364 g/mol. The summed E-state index contributed by atoms with van der Waals surface area (Å²) in [5, 5.41) is 2.97. The maximum atomic E-state index is 12.5. The lowest BCUT2D eigenvalue weighted by atomic mass is 10.1. The molecule has 28 heavy (non-hydrogen) atoms. The molecule has 0 spiro atoms. The molecule has 1 N–H and O–H groups in total. The number of nitrogens with zero attached hydrogens (tertiary/aromatic N) is 2. The van der Waals surface area contributed by atoms with Crippen LogP contribution < -0.4 is 10.1 Å². The molecule has 7 heteroatoms. The Hall–Kier alpha value is -2.67. The van der Waals surface area contributed by atoms with Gasteiger partial charge in [-0.2, -0.15) is 8.78 Å². The monoisotopic (exact) mass is 389 g/mol. The minimum absolute atomic E-state index is 0.104. The van der Waals surface area contributed by atoms with E-state index in [1.54, 1.807) is 12.1 Å². The van der Waals surface area contributed by atoms with Crippen molar-refractivity contribution in [2.45, 2.75) is 26.1 Å². The summed E-state index contributed by atoms with van der Waals surface area (Å²) in [4.78, 5) is 16.7. The molecule has 1 atom stereocenters. The van der Waals surface area contributed by atoms with Gasteiger partial charge in [0.25, 0.3) is 0 Å². The molecule has 5 nitrogen and oxygen atoms in total. The van der Waals surface area contributed by atoms with Crippen LogP contribution in [0.5, 0.6) is 5.75 Å². The van der Waals surface area contributed by atoms with E-state index in [-0.39, 0.29) is 17.8 Å². The number of hydrogen-bond donors (Lipinski definition) is 1. The van der Waals surface area contributed by atoms with Gasteiger partial charge in [-0.05, 0) is 30.2 Å². The van der Waals surface area contributed by atoms with E-state index in [2.05, 4.69) is 27.1 Å². The van der Waals surface area contributed by atoms with Gasteiger partial charge in [-0.1, -0.05) is 42.5 Å². The normalized spacial score (nSPS) is 16.1. The van der Waals surface area contributed by atoms with Crippen LogP contribution in [0.4, 0.5) is 13.6 Å². The van der Waals surface area contributed by atoms with Crippen LogP contribution >= 0.6 is 0 Å². The van der Waals surface area contributed by atoms with Crippen LogP contribution in [-0.2, 0) is 6.54 Å². The van der Waals surface area contributed by atoms with E-state index < -0.39 is 6.61 Å². The van der Waals surface area contributed by atoms with Crippen LogP contribution in [-0.4, -0.2) is 48.6 Å². The van der Waals surface area contributed by atoms with Crippen LogP contribution in [0.1, 0.15) is 24.1 Å². The quantitative estimate of drug-likeness (QED) is 0.816. The highest BCUT2D eigenvalue weighted by Crippen LogP contribution is 2.19. The Morgan fingerprint density at radius 1 is 1.04 bits per heavy atom. The van der Waals surface area contributed by atoms with Gasteiger partial charge in [0.15, 0.2) is 0 Å². The molecule has 1 saturated heterocycles. The summed E-state index contributed by atoms with van der Waals surface area (Å²) >= 11 is 0. The van der Waals surface area contributed by atoms with Crippen molar-refractivity contribution in [3.05, 3.63) is 65.7 Å². The second-order valence-electron chi connectivity index (χ2n) is 6.87. The summed E-state index contributed by atoms with van der Waals surface area (Å²) in [6.07, 6.45) is 0. The maximum Gasteiger partial charge on any atom is 0.387 e. The predicted molar refractivity (Wildman–Crippen MR) is 103 cm³/mol. The lowest BCUT2D eigenvalue weighted by Gasteiger charge is -2.35. The SMILES string of the molecule is CC(NC(=O)N1CCN(Cc2ccccc2)CC1)c1ccc(OC(F)F)cc1. The number of carbonyl (C=O) groups is 1. The second-order valence-corrected chi connectivity index (χ2v) is 6.87. The Balaban J connectivity index is 1.46. The first-order chi connectivity index (χ1) is 13.5. The zero-order valence-corrected chi connectivity index (χ0v) is 15.9.